The number of likely N-dealkylation sites (tertiary alicyclic amines) is 1. The topological polar surface area (TPSA) is 60.1 Å². The normalized spacial score (nSPS) is 21.0. The summed E-state index contributed by atoms with van der Waals surface area (Å²) in [7, 11) is 1.90. The molecule has 1 amide bonds. The molecule has 0 bridgehead atoms. The molecular weight excluding hydrogens is 348 g/mol. The number of hydrogen-bond acceptors (Lipinski definition) is 4. The fraction of sp³-hybridized carbons (Fsp3) is 0.526. The van der Waals surface area contributed by atoms with Crippen LogP contribution < -0.4 is 5.56 Å². The summed E-state index contributed by atoms with van der Waals surface area (Å²) in [6.45, 7) is 6.23. The highest BCUT2D eigenvalue weighted by Crippen LogP contribution is 2.32. The molecule has 4 heterocycles. The van der Waals surface area contributed by atoms with Crippen LogP contribution in [-0.2, 0) is 18.4 Å². The van der Waals surface area contributed by atoms with Crippen molar-refractivity contribution in [1.29, 1.82) is 0 Å². The smallest absolute Gasteiger partial charge is 0.291 e. The molecule has 0 radical (unpaired) electrons. The molecule has 0 aliphatic carbocycles. The van der Waals surface area contributed by atoms with Gasteiger partial charge < -0.3 is 9.47 Å². The van der Waals surface area contributed by atoms with E-state index in [0.717, 1.165) is 34.9 Å². The quantitative estimate of drug-likeness (QED) is 0.695. The van der Waals surface area contributed by atoms with Crippen LogP contribution in [-0.4, -0.2) is 37.2 Å². The Kier molecular flexibility index (Phi) is 4.14. The van der Waals surface area contributed by atoms with Crippen LogP contribution in [0, 0.1) is 6.92 Å². The fourth-order valence-electron chi connectivity index (χ4n) is 4.27. The van der Waals surface area contributed by atoms with Crippen LogP contribution in [0.15, 0.2) is 17.1 Å². The van der Waals surface area contributed by atoms with Crippen molar-refractivity contribution in [1.82, 2.24) is 19.2 Å². The van der Waals surface area contributed by atoms with Crippen LogP contribution in [0.1, 0.15) is 38.0 Å². The van der Waals surface area contributed by atoms with E-state index in [9.17, 15) is 9.59 Å². The Balaban J connectivity index is 1.73. The average Bonchev–Trinajstić information content (AvgIpc) is 3.07. The summed E-state index contributed by atoms with van der Waals surface area (Å²) in [5, 5.41) is 5.18. The molecule has 138 valence electrons. The molecular formula is C19H24N4O2S. The van der Waals surface area contributed by atoms with Gasteiger partial charge in [-0.1, -0.05) is 0 Å². The highest BCUT2D eigenvalue weighted by atomic mass is 32.1. The molecule has 2 atom stereocenters. The Bertz CT molecular complexity index is 1050. The number of thiophene rings is 1. The van der Waals surface area contributed by atoms with Gasteiger partial charge in [-0.15, -0.1) is 11.3 Å². The van der Waals surface area contributed by atoms with Gasteiger partial charge in [0, 0.05) is 29.4 Å². The van der Waals surface area contributed by atoms with E-state index >= 15 is 0 Å². The summed E-state index contributed by atoms with van der Waals surface area (Å²) in [4.78, 5) is 29.0. The highest BCUT2D eigenvalue weighted by molar-refractivity contribution is 7.20. The Morgan fingerprint density at radius 2 is 2.00 bits per heavy atom. The third kappa shape index (κ3) is 2.57. The second-order valence-electron chi connectivity index (χ2n) is 7.43. The molecule has 1 aliphatic heterocycles. The minimum absolute atomic E-state index is 0.00130. The number of piperidine rings is 1. The number of amides is 1. The molecule has 0 N–H and O–H groups in total. The molecule has 0 aromatic carbocycles. The molecule has 26 heavy (non-hydrogen) atoms. The number of aromatic nitrogens is 3. The van der Waals surface area contributed by atoms with Gasteiger partial charge in [0.2, 0.25) is 5.91 Å². The maximum Gasteiger partial charge on any atom is 0.291 e. The Labute approximate surface area is 156 Å². The first kappa shape index (κ1) is 17.3. The summed E-state index contributed by atoms with van der Waals surface area (Å²) < 4.78 is 4.32. The molecule has 1 aliphatic rings. The van der Waals surface area contributed by atoms with Gasteiger partial charge in [0.25, 0.3) is 5.56 Å². The first-order valence-corrected chi connectivity index (χ1v) is 9.96. The van der Waals surface area contributed by atoms with Gasteiger partial charge in [0.15, 0.2) is 0 Å². The second kappa shape index (κ2) is 6.23. The van der Waals surface area contributed by atoms with Crippen molar-refractivity contribution in [2.24, 2.45) is 7.05 Å². The number of carbonyl (C=O) groups is 1. The lowest BCUT2D eigenvalue weighted by Gasteiger charge is -2.39. The van der Waals surface area contributed by atoms with Crippen LogP contribution in [0.25, 0.3) is 21.1 Å². The van der Waals surface area contributed by atoms with E-state index in [1.54, 1.807) is 17.5 Å². The summed E-state index contributed by atoms with van der Waals surface area (Å²) in [5.41, 5.74) is 1.47. The predicted molar refractivity (Wildman–Crippen MR) is 105 cm³/mol. The van der Waals surface area contributed by atoms with Crippen LogP contribution in [0.2, 0.25) is 0 Å². The van der Waals surface area contributed by atoms with E-state index in [4.69, 9.17) is 0 Å². The number of carbonyl (C=O) groups excluding carboxylic acids is 1. The maximum atomic E-state index is 13.0. The molecule has 1 fully saturated rings. The van der Waals surface area contributed by atoms with Crippen molar-refractivity contribution in [3.8, 4) is 0 Å². The zero-order chi connectivity index (χ0) is 18.6. The molecule has 0 spiro atoms. The highest BCUT2D eigenvalue weighted by Gasteiger charge is 2.29. The monoisotopic (exact) mass is 372 g/mol. The zero-order valence-electron chi connectivity index (χ0n) is 15.7. The van der Waals surface area contributed by atoms with E-state index in [1.165, 1.54) is 9.56 Å². The van der Waals surface area contributed by atoms with Gasteiger partial charge >= 0.3 is 0 Å². The maximum absolute atomic E-state index is 13.0. The second-order valence-corrected chi connectivity index (χ2v) is 8.69. The predicted octanol–water partition coefficient (Wildman–Crippen LogP) is 3.05. The average molecular weight is 372 g/mol. The lowest BCUT2D eigenvalue weighted by atomic mass is 9.97. The van der Waals surface area contributed by atoms with E-state index < -0.39 is 0 Å². The van der Waals surface area contributed by atoms with Crippen LogP contribution in [0.5, 0.6) is 0 Å². The first-order valence-electron chi connectivity index (χ1n) is 9.14. The Hall–Kier alpha value is -2.15. The van der Waals surface area contributed by atoms with Gasteiger partial charge in [-0.2, -0.15) is 5.10 Å². The number of rotatable bonds is 2. The largest absolute Gasteiger partial charge is 0.338 e. The zero-order valence-corrected chi connectivity index (χ0v) is 16.5. The van der Waals surface area contributed by atoms with Crippen molar-refractivity contribution < 1.29 is 4.79 Å². The third-order valence-electron chi connectivity index (χ3n) is 5.56. The number of fused-ring (bicyclic) bond motifs is 3. The SMILES string of the molecule is Cc1cc2c(s1)c1cnn(CC(=O)N3[C@@H](C)CCC[C@@H]3C)c(=O)c1n2C. The van der Waals surface area contributed by atoms with Gasteiger partial charge in [0.1, 0.15) is 12.1 Å². The molecule has 3 aromatic rings. The van der Waals surface area contributed by atoms with E-state index in [-0.39, 0.29) is 30.1 Å². The van der Waals surface area contributed by atoms with Crippen LogP contribution in [0.3, 0.4) is 0 Å². The number of aryl methyl sites for hydroxylation is 2. The van der Waals surface area contributed by atoms with Gasteiger partial charge in [-0.3, -0.25) is 9.59 Å². The van der Waals surface area contributed by atoms with Crippen molar-refractivity contribution in [3.63, 3.8) is 0 Å². The van der Waals surface area contributed by atoms with E-state index in [2.05, 4.69) is 31.9 Å². The summed E-state index contributed by atoms with van der Waals surface area (Å²) >= 11 is 1.67. The van der Waals surface area contributed by atoms with Crippen molar-refractivity contribution in [2.75, 3.05) is 0 Å². The minimum atomic E-state index is -0.197. The molecule has 7 heteroatoms. The van der Waals surface area contributed by atoms with Crippen molar-refractivity contribution in [3.05, 3.63) is 27.5 Å². The lowest BCUT2D eigenvalue weighted by Crippen LogP contribution is -2.49. The van der Waals surface area contributed by atoms with Crippen molar-refractivity contribution >= 4 is 38.4 Å². The van der Waals surface area contributed by atoms with E-state index in [1.807, 2.05) is 16.5 Å². The van der Waals surface area contributed by atoms with Crippen molar-refractivity contribution in [2.45, 2.75) is 58.7 Å². The summed E-state index contributed by atoms with van der Waals surface area (Å²) in [6, 6.07) is 2.52. The minimum Gasteiger partial charge on any atom is -0.338 e. The molecule has 6 nitrogen and oxygen atoms in total. The molecule has 4 rings (SSSR count). The fourth-order valence-corrected chi connectivity index (χ4v) is 5.32. The molecule has 3 aromatic heterocycles. The third-order valence-corrected chi connectivity index (χ3v) is 6.63. The molecule has 0 unspecified atom stereocenters. The molecule has 1 saturated heterocycles. The summed E-state index contributed by atoms with van der Waals surface area (Å²) in [6.07, 6.45) is 4.91. The van der Waals surface area contributed by atoms with Gasteiger partial charge in [-0.25, -0.2) is 4.68 Å². The lowest BCUT2D eigenvalue weighted by molar-refractivity contribution is -0.138. The van der Waals surface area contributed by atoms with Crippen LogP contribution >= 0.6 is 11.3 Å². The van der Waals surface area contributed by atoms with E-state index in [0.29, 0.717) is 5.52 Å². The number of hydrogen-bond donors (Lipinski definition) is 0. The Morgan fingerprint density at radius 3 is 2.69 bits per heavy atom. The van der Waals surface area contributed by atoms with Gasteiger partial charge in [-0.05, 0) is 46.1 Å². The number of nitrogens with zero attached hydrogens (tertiary/aromatic N) is 4. The van der Waals surface area contributed by atoms with Crippen LogP contribution in [0.4, 0.5) is 0 Å². The summed E-state index contributed by atoms with van der Waals surface area (Å²) in [5.74, 6) is -0.0227. The first-order chi connectivity index (χ1) is 12.4. The standard InChI is InChI=1S/C19H24N4O2S/c1-11-6-5-7-12(2)23(11)16(24)10-22-19(25)17-14(9-20-22)18-15(21(17)4)8-13(3)26-18/h8-9,11-12H,5-7,10H2,1-4H3/t11-,12-/m0/s1. The Morgan fingerprint density at radius 1 is 1.31 bits per heavy atom. The van der Waals surface area contributed by atoms with Gasteiger partial charge in [0.05, 0.1) is 16.4 Å². The molecule has 0 saturated carbocycles.